The van der Waals surface area contributed by atoms with Crippen LogP contribution in [0.2, 0.25) is 0 Å². The number of aromatic amines is 4. The Bertz CT molecular complexity index is 3600. The molecule has 2 bridgehead atoms. The fourth-order valence-electron chi connectivity index (χ4n) is 22.2. The van der Waals surface area contributed by atoms with Crippen LogP contribution in [0.15, 0.2) is 104 Å². The smallest absolute Gasteiger partial charge is 0.358 e. The zero-order valence-electron chi connectivity index (χ0n) is 79.1. The van der Waals surface area contributed by atoms with Gasteiger partial charge >= 0.3 is 51.2 Å². The molecule has 11 aliphatic rings. The van der Waals surface area contributed by atoms with Crippen LogP contribution >= 0.6 is 0 Å². The van der Waals surface area contributed by atoms with E-state index in [1.807, 2.05) is 68.6 Å². The van der Waals surface area contributed by atoms with E-state index in [-0.39, 0.29) is 160 Å². The average Bonchev–Trinajstić information content (AvgIpc) is 1.55. The van der Waals surface area contributed by atoms with Crippen molar-refractivity contribution in [2.24, 2.45) is 64.1 Å². The number of hydrogen-bond acceptors (Lipinski definition) is 4. The molecule has 0 aliphatic heterocycles. The van der Waals surface area contributed by atoms with Crippen molar-refractivity contribution < 1.29 is 68.3 Å². The molecule has 16 heteroatoms. The number of rotatable bonds is 19. The summed E-state index contributed by atoms with van der Waals surface area (Å²) in [6, 6.07) is 28.7. The number of nitrogens with one attached hydrogen (secondary N) is 4. The van der Waals surface area contributed by atoms with Crippen LogP contribution in [0.5, 0.6) is 0 Å². The molecule has 11 aliphatic carbocycles. The molecule has 0 amide bonds. The van der Waals surface area contributed by atoms with E-state index in [1.165, 1.54) is 295 Å². The third kappa shape index (κ3) is 35.3. The molecule has 6 aromatic rings. The molecule has 5 atom stereocenters. The third-order valence-corrected chi connectivity index (χ3v) is 29.0. The van der Waals surface area contributed by atoms with Crippen LogP contribution in [0.25, 0.3) is 0 Å². The van der Waals surface area contributed by atoms with E-state index < -0.39 is 0 Å². The molecule has 120 heavy (non-hydrogen) atoms. The van der Waals surface area contributed by atoms with E-state index in [4.69, 9.17) is 0 Å². The number of fused-ring (bicyclic) bond motifs is 2. The monoisotopic (exact) mass is 1830 g/mol. The Morgan fingerprint density at radius 2 is 0.708 bits per heavy atom. The predicted octanol–water partition coefficient (Wildman–Crippen LogP) is 28.6. The summed E-state index contributed by atoms with van der Waals surface area (Å²) in [5.41, 5.74) is 7.91. The number of benzene rings is 2. The minimum absolute atomic E-state index is 0. The third-order valence-electron chi connectivity index (χ3n) is 29.0. The molecule has 690 valence electrons. The van der Waals surface area contributed by atoms with Gasteiger partial charge in [-0.3, -0.25) is 39.6 Å². The summed E-state index contributed by atoms with van der Waals surface area (Å²) in [5, 5.41) is 13.7. The van der Waals surface area contributed by atoms with Gasteiger partial charge in [0.15, 0.2) is 0 Å². The summed E-state index contributed by atoms with van der Waals surface area (Å²) in [7, 11) is 0. The van der Waals surface area contributed by atoms with Crippen LogP contribution in [0.3, 0.4) is 0 Å². The summed E-state index contributed by atoms with van der Waals surface area (Å²) in [5.74, 6) is 6.26. The van der Waals surface area contributed by atoms with Crippen molar-refractivity contribution >= 4 is 0 Å². The molecule has 5 unspecified atom stereocenters. The summed E-state index contributed by atoms with van der Waals surface area (Å²) >= 11 is 0. The Balaban J connectivity index is 0. The second kappa shape index (κ2) is 61.9. The number of aryl methyl sites for hydroxylation is 2. The molecule has 17 rings (SSSR count). The molecule has 11 saturated carbocycles. The second-order valence-electron chi connectivity index (χ2n) is 38.2. The summed E-state index contributed by atoms with van der Waals surface area (Å²) in [6.07, 6.45) is 67.4. The van der Waals surface area contributed by atoms with Crippen molar-refractivity contribution in [3.05, 3.63) is 212 Å². The molecule has 0 saturated heterocycles. The summed E-state index contributed by atoms with van der Waals surface area (Å²) < 4.78 is 7.58. The van der Waals surface area contributed by atoms with E-state index in [9.17, 15) is 19.2 Å². The molecular weight excluding hydrogens is 1650 g/mol. The Kier molecular flexibility index (Phi) is 61.2. The number of H-pyrrole nitrogens is 4. The molecule has 4 aromatic heterocycles. The first-order valence-electron chi connectivity index (χ1n) is 46.2. The predicted molar refractivity (Wildman–Crippen MR) is 502 cm³/mol. The van der Waals surface area contributed by atoms with Crippen LogP contribution in [0, 0.1) is 116 Å². The maximum Gasteiger partial charge on any atom is 2.00 e. The molecule has 2 aromatic carbocycles. The van der Waals surface area contributed by atoms with Crippen LogP contribution in [0.1, 0.15) is 409 Å². The van der Waals surface area contributed by atoms with Gasteiger partial charge in [0.1, 0.15) is 6.04 Å². The van der Waals surface area contributed by atoms with Gasteiger partial charge in [0.25, 0.3) is 22.2 Å². The fraction of sp³-hybridized carbons (Fsp3) is 0.702. The number of aromatic nitrogens is 8. The van der Waals surface area contributed by atoms with Gasteiger partial charge in [0, 0.05) is 64.1 Å². The standard InChI is InChI=1S/C22H24N2O.C19H30N2O.C19H32N2O.C17H30N2O.4C5H10.7CH3.4Fe/c25-21-16-20(15-17-9-7-8-10-17)23-24(21)22(18-11-3-1-4-12-18)19-13-5-2-6-14-19;1-18(2)14-8-9-19(18,3)16(11-14)21-17(22)12-15(20-21)10-13-6-4-5-7-13;1-14-7-5-8-15(2)19(14)21-18(22)13-17(20-21)12-6-11-16-9-3-4-10-16;1-12(2)17(13(3)4)19-16(20)11-15(18-19)10-9-14-7-5-6-8-14;4*1-2-4-5-3-1;;;;;;;;;;;/h1-6,11-14,16-17,22-23H,7-10,15H2;12-14,16,20H,4-11H2,1-3H3;13-16,19-20H,3-12H2,1-2H3;11-14,17-18H,5-10H2,1-4H3;4*1-5H2;7*1H3;;;;/q;;;;;;;;7*-1;;3*+2. The normalized spacial score (nSPS) is 22.3. The first-order chi connectivity index (χ1) is 52.9. The maximum atomic E-state index is 12.7. The quantitative estimate of drug-likeness (QED) is 0.0471. The van der Waals surface area contributed by atoms with Crippen LogP contribution in [0.4, 0.5) is 0 Å². The number of hydrogen-bond donors (Lipinski definition) is 4. The van der Waals surface area contributed by atoms with Gasteiger partial charge in [-0.25, -0.2) is 18.7 Å². The molecule has 0 radical (unpaired) electrons. The minimum atomic E-state index is -0.118. The Hall–Kier alpha value is -3.44. The van der Waals surface area contributed by atoms with E-state index in [1.54, 1.807) is 10.7 Å². The molecular formula is C104H177Fe4N8O4-. The SMILES string of the molecule is C1CCCC1.C1CCCC1.C1CCCC1.C1CCCC1.CC(C)C(C(C)C)n1[nH]c(CCC2CCCC2)cc1=O.CC1(C)C2CCC1(C)C(n1[nH]c(CC3CCCC3)cc1=O)C2.CC1CCCC(C)C1n1[nH]c(CCCC2CCCC2)cc1=O.O=c1cc(CC2CCCC2)[nH]n1C(c1ccccc1)c1ccccc1.[CH3-].[CH3-].[CH3-].[CH3-].[CH3-].[CH3-].[CH3-].[Fe+2].[Fe+2].[Fe+2].[Fe]. The van der Waals surface area contributed by atoms with Crippen molar-refractivity contribution in [1.82, 2.24) is 39.1 Å². The summed E-state index contributed by atoms with van der Waals surface area (Å²) in [4.78, 5) is 49.9. The molecule has 11 fully saturated rings. The Morgan fingerprint density at radius 3 is 1.10 bits per heavy atom. The van der Waals surface area contributed by atoms with Gasteiger partial charge in [0.2, 0.25) is 0 Å². The van der Waals surface area contributed by atoms with Crippen molar-refractivity contribution in [1.29, 1.82) is 0 Å². The van der Waals surface area contributed by atoms with Crippen molar-refractivity contribution in [2.45, 2.75) is 401 Å². The van der Waals surface area contributed by atoms with E-state index in [0.717, 1.165) is 83.5 Å². The molecule has 4 N–H and O–H groups in total. The Morgan fingerprint density at radius 1 is 0.375 bits per heavy atom. The largest absolute Gasteiger partial charge is 2.00 e. The number of nitrogens with zero attached hydrogens (tertiary/aromatic N) is 4. The molecule has 12 nitrogen and oxygen atoms in total. The van der Waals surface area contributed by atoms with Gasteiger partial charge in [-0.1, -0.05) is 367 Å². The zero-order chi connectivity index (χ0) is 77.0. The van der Waals surface area contributed by atoms with Crippen LogP contribution < -0.4 is 22.2 Å². The molecule has 4 heterocycles. The van der Waals surface area contributed by atoms with Gasteiger partial charge < -0.3 is 52.0 Å². The van der Waals surface area contributed by atoms with Crippen molar-refractivity contribution in [3.8, 4) is 0 Å². The van der Waals surface area contributed by atoms with Crippen molar-refractivity contribution in [2.75, 3.05) is 0 Å². The Labute approximate surface area is 778 Å². The first kappa shape index (κ1) is 119. The average molecular weight is 1830 g/mol. The van der Waals surface area contributed by atoms with Gasteiger partial charge in [-0.15, -0.1) is 0 Å². The van der Waals surface area contributed by atoms with Gasteiger partial charge in [0.05, 0.1) is 18.1 Å². The maximum absolute atomic E-state index is 12.7. The van der Waals surface area contributed by atoms with E-state index >= 15 is 0 Å². The van der Waals surface area contributed by atoms with E-state index in [2.05, 4.69) is 107 Å². The van der Waals surface area contributed by atoms with Crippen LogP contribution in [-0.2, 0) is 94.0 Å². The fourth-order valence-corrected chi connectivity index (χ4v) is 22.2. The second-order valence-corrected chi connectivity index (χ2v) is 38.2. The zero-order valence-corrected chi connectivity index (χ0v) is 83.5. The first-order valence-corrected chi connectivity index (χ1v) is 46.2. The van der Waals surface area contributed by atoms with Crippen LogP contribution in [-0.4, -0.2) is 39.1 Å². The topological polar surface area (TPSA) is 151 Å². The van der Waals surface area contributed by atoms with Gasteiger partial charge in [-0.2, -0.15) is 0 Å². The van der Waals surface area contributed by atoms with E-state index in [0.29, 0.717) is 41.2 Å². The minimum Gasteiger partial charge on any atom is -0.358 e. The summed E-state index contributed by atoms with van der Waals surface area (Å²) in [6.45, 7) is 20.6. The molecule has 0 spiro atoms. The van der Waals surface area contributed by atoms with Gasteiger partial charge in [-0.05, 0) is 146 Å². The van der Waals surface area contributed by atoms with Crippen molar-refractivity contribution in [3.63, 3.8) is 0 Å².